The fourth-order valence-electron chi connectivity index (χ4n) is 3.36. The number of methoxy groups -OCH3 is 1. The molecule has 1 aliphatic heterocycles. The summed E-state index contributed by atoms with van der Waals surface area (Å²) in [5, 5.41) is 4.01. The summed E-state index contributed by atoms with van der Waals surface area (Å²) in [7, 11) is 1.63. The maximum Gasteiger partial charge on any atom is 0.306 e. The fraction of sp³-hybridized carbons (Fsp3) is 0.304. The van der Waals surface area contributed by atoms with E-state index in [2.05, 4.69) is 18.1 Å². The van der Waals surface area contributed by atoms with Crippen LogP contribution in [0.25, 0.3) is 11.3 Å². The predicted octanol–water partition coefficient (Wildman–Crippen LogP) is 4.35. The van der Waals surface area contributed by atoms with E-state index >= 15 is 0 Å². The molecule has 1 aliphatic rings. The second kappa shape index (κ2) is 8.39. The quantitative estimate of drug-likeness (QED) is 0.556. The zero-order valence-electron chi connectivity index (χ0n) is 16.5. The summed E-state index contributed by atoms with van der Waals surface area (Å²) >= 11 is 0. The van der Waals surface area contributed by atoms with Crippen molar-refractivity contribution in [1.82, 2.24) is 5.16 Å². The Hall–Kier alpha value is -3.28. The topological polar surface area (TPSA) is 70.8 Å². The van der Waals surface area contributed by atoms with E-state index in [0.29, 0.717) is 24.3 Å². The number of aryl methyl sites for hydroxylation is 1. The van der Waals surface area contributed by atoms with Gasteiger partial charge in [-0.15, -0.1) is 0 Å². The molecule has 0 saturated heterocycles. The summed E-state index contributed by atoms with van der Waals surface area (Å²) < 4.78 is 21.6. The molecule has 0 spiro atoms. The van der Waals surface area contributed by atoms with Crippen LogP contribution in [0.2, 0.25) is 0 Å². The Bertz CT molecular complexity index is 993. The van der Waals surface area contributed by atoms with E-state index in [9.17, 15) is 4.79 Å². The fourth-order valence-corrected chi connectivity index (χ4v) is 3.36. The molecule has 0 bridgehead atoms. The summed E-state index contributed by atoms with van der Waals surface area (Å²) in [5.74, 6) is 2.10. The van der Waals surface area contributed by atoms with E-state index < -0.39 is 0 Å². The molecule has 6 nitrogen and oxygen atoms in total. The number of esters is 1. The van der Waals surface area contributed by atoms with Gasteiger partial charge in [0.15, 0.2) is 5.76 Å². The van der Waals surface area contributed by atoms with Crippen molar-refractivity contribution in [1.29, 1.82) is 0 Å². The third-order valence-electron chi connectivity index (χ3n) is 4.90. The summed E-state index contributed by atoms with van der Waals surface area (Å²) in [6.07, 6.45) is 2.00. The van der Waals surface area contributed by atoms with Crippen molar-refractivity contribution in [2.75, 3.05) is 7.11 Å². The lowest BCUT2D eigenvalue weighted by molar-refractivity contribution is -0.145. The average Bonchev–Trinajstić information content (AvgIpc) is 3.36. The minimum Gasteiger partial charge on any atom is -0.497 e. The van der Waals surface area contributed by atoms with Gasteiger partial charge in [0.05, 0.1) is 7.11 Å². The number of ether oxygens (including phenoxy) is 3. The van der Waals surface area contributed by atoms with Crippen molar-refractivity contribution in [3.8, 4) is 22.8 Å². The largest absolute Gasteiger partial charge is 0.497 e. The summed E-state index contributed by atoms with van der Waals surface area (Å²) in [4.78, 5) is 12.0. The van der Waals surface area contributed by atoms with Crippen LogP contribution >= 0.6 is 0 Å². The lowest BCUT2D eigenvalue weighted by atomic mass is 10.1. The first kappa shape index (κ1) is 19.1. The SMILES string of the molecule is COc1ccc(CCC(=O)OCc2cc(-c3ccc4c(c3)CC(C)O4)on2)cc1. The monoisotopic (exact) mass is 393 g/mol. The number of carbonyl (C=O) groups is 1. The maximum atomic E-state index is 12.0. The molecule has 1 aromatic heterocycles. The molecule has 2 aromatic carbocycles. The van der Waals surface area contributed by atoms with E-state index in [1.807, 2.05) is 36.4 Å². The Morgan fingerprint density at radius 3 is 2.79 bits per heavy atom. The number of rotatable bonds is 7. The molecular weight excluding hydrogens is 370 g/mol. The van der Waals surface area contributed by atoms with E-state index in [0.717, 1.165) is 34.6 Å². The van der Waals surface area contributed by atoms with Gasteiger partial charge in [0, 0.05) is 24.5 Å². The van der Waals surface area contributed by atoms with Gasteiger partial charge >= 0.3 is 5.97 Å². The first-order valence-electron chi connectivity index (χ1n) is 9.65. The molecule has 4 rings (SSSR count). The highest BCUT2D eigenvalue weighted by Gasteiger charge is 2.20. The van der Waals surface area contributed by atoms with Crippen LogP contribution in [0.4, 0.5) is 0 Å². The molecule has 0 fully saturated rings. The predicted molar refractivity (Wildman–Crippen MR) is 107 cm³/mol. The van der Waals surface area contributed by atoms with Crippen molar-refractivity contribution in [3.05, 3.63) is 65.4 Å². The van der Waals surface area contributed by atoms with Gasteiger partial charge in [0.25, 0.3) is 0 Å². The van der Waals surface area contributed by atoms with Gasteiger partial charge < -0.3 is 18.7 Å². The zero-order chi connectivity index (χ0) is 20.2. The third kappa shape index (κ3) is 4.59. The summed E-state index contributed by atoms with van der Waals surface area (Å²) in [5.41, 5.74) is 3.74. The van der Waals surface area contributed by atoms with Crippen LogP contribution in [0.15, 0.2) is 53.1 Å². The van der Waals surface area contributed by atoms with Crippen LogP contribution in [0.5, 0.6) is 11.5 Å². The van der Waals surface area contributed by atoms with E-state index in [4.69, 9.17) is 18.7 Å². The van der Waals surface area contributed by atoms with Crippen LogP contribution in [-0.4, -0.2) is 24.3 Å². The number of fused-ring (bicyclic) bond motifs is 1. The molecule has 1 unspecified atom stereocenters. The molecular formula is C23H23NO5. The molecule has 0 N–H and O–H groups in total. The summed E-state index contributed by atoms with van der Waals surface area (Å²) in [6.45, 7) is 2.14. The van der Waals surface area contributed by atoms with Crippen LogP contribution < -0.4 is 9.47 Å². The smallest absolute Gasteiger partial charge is 0.306 e. The second-order valence-corrected chi connectivity index (χ2v) is 7.15. The van der Waals surface area contributed by atoms with Crippen LogP contribution in [-0.2, 0) is 29.0 Å². The molecule has 1 atom stereocenters. The van der Waals surface area contributed by atoms with Gasteiger partial charge in [-0.2, -0.15) is 0 Å². The third-order valence-corrected chi connectivity index (χ3v) is 4.90. The van der Waals surface area contributed by atoms with E-state index in [-0.39, 0.29) is 18.7 Å². The van der Waals surface area contributed by atoms with Gasteiger partial charge in [-0.25, -0.2) is 0 Å². The Labute approximate surface area is 169 Å². The van der Waals surface area contributed by atoms with Gasteiger partial charge in [-0.3, -0.25) is 4.79 Å². The molecule has 29 heavy (non-hydrogen) atoms. The molecule has 6 heteroatoms. The first-order valence-corrected chi connectivity index (χ1v) is 9.65. The van der Waals surface area contributed by atoms with Crippen LogP contribution in [0, 0.1) is 0 Å². The number of carbonyl (C=O) groups excluding carboxylic acids is 1. The molecule has 0 amide bonds. The highest BCUT2D eigenvalue weighted by Crippen LogP contribution is 2.33. The molecule has 0 radical (unpaired) electrons. The molecule has 150 valence electrons. The highest BCUT2D eigenvalue weighted by atomic mass is 16.5. The van der Waals surface area contributed by atoms with Gasteiger partial charge in [-0.1, -0.05) is 17.3 Å². The molecule has 2 heterocycles. The Morgan fingerprint density at radius 2 is 2.00 bits per heavy atom. The number of aromatic nitrogens is 1. The molecule has 0 aliphatic carbocycles. The van der Waals surface area contributed by atoms with Crippen molar-refractivity contribution >= 4 is 5.97 Å². The van der Waals surface area contributed by atoms with Crippen molar-refractivity contribution in [2.24, 2.45) is 0 Å². The second-order valence-electron chi connectivity index (χ2n) is 7.15. The Kier molecular flexibility index (Phi) is 5.51. The van der Waals surface area contributed by atoms with Gasteiger partial charge in [-0.05, 0) is 54.8 Å². The zero-order valence-corrected chi connectivity index (χ0v) is 16.5. The lowest BCUT2D eigenvalue weighted by Crippen LogP contribution is -2.06. The number of nitrogens with zero attached hydrogens (tertiary/aromatic N) is 1. The highest BCUT2D eigenvalue weighted by molar-refractivity contribution is 5.69. The van der Waals surface area contributed by atoms with Crippen molar-refractivity contribution < 1.29 is 23.5 Å². The molecule has 3 aromatic rings. The number of hydrogen-bond acceptors (Lipinski definition) is 6. The standard InChI is InChI=1S/C23H23NO5/c1-15-11-18-12-17(6-9-21(18)28-15)22-13-19(24-29-22)14-27-23(25)10-5-16-3-7-20(26-2)8-4-16/h3-4,6-9,12-13,15H,5,10-11,14H2,1-2H3. The Balaban J connectivity index is 1.29. The summed E-state index contributed by atoms with van der Waals surface area (Å²) in [6, 6.07) is 15.4. The van der Waals surface area contributed by atoms with Crippen molar-refractivity contribution in [3.63, 3.8) is 0 Å². The Morgan fingerprint density at radius 1 is 1.17 bits per heavy atom. The van der Waals surface area contributed by atoms with Crippen LogP contribution in [0.1, 0.15) is 30.2 Å². The van der Waals surface area contributed by atoms with E-state index in [1.165, 1.54) is 0 Å². The number of hydrogen-bond donors (Lipinski definition) is 0. The normalized spacial score (nSPS) is 14.9. The van der Waals surface area contributed by atoms with Gasteiger partial charge in [0.2, 0.25) is 0 Å². The minimum absolute atomic E-state index is 0.0933. The molecule has 0 saturated carbocycles. The number of benzene rings is 2. The lowest BCUT2D eigenvalue weighted by Gasteiger charge is -2.04. The first-order chi connectivity index (χ1) is 14.1. The van der Waals surface area contributed by atoms with Crippen LogP contribution in [0.3, 0.4) is 0 Å². The van der Waals surface area contributed by atoms with E-state index in [1.54, 1.807) is 13.2 Å². The van der Waals surface area contributed by atoms with Gasteiger partial charge in [0.1, 0.15) is 29.9 Å². The van der Waals surface area contributed by atoms with Crippen molar-refractivity contribution in [2.45, 2.75) is 38.9 Å². The maximum absolute atomic E-state index is 12.0. The average molecular weight is 393 g/mol. The minimum atomic E-state index is -0.269.